The van der Waals surface area contributed by atoms with Gasteiger partial charge in [0.25, 0.3) is 0 Å². The minimum absolute atomic E-state index is 0.0537. The molecule has 3 heterocycles. The van der Waals surface area contributed by atoms with Crippen LogP contribution >= 0.6 is 11.6 Å². The number of amides is 1. The van der Waals surface area contributed by atoms with Crippen molar-refractivity contribution in [3.05, 3.63) is 41.2 Å². The molecule has 1 N–H and O–H groups in total. The third kappa shape index (κ3) is 4.64. The lowest BCUT2D eigenvalue weighted by Gasteiger charge is -2.32. The lowest BCUT2D eigenvalue weighted by Crippen LogP contribution is -2.38. The Bertz CT molecular complexity index is 838. The molecular formula is C18H18ClF3N4O2. The average molecular weight is 415 g/mol. The van der Waals surface area contributed by atoms with Gasteiger partial charge in [0.1, 0.15) is 5.82 Å². The number of ether oxygens (including phenoxy) is 1. The van der Waals surface area contributed by atoms with E-state index in [1.807, 2.05) is 0 Å². The highest BCUT2D eigenvalue weighted by molar-refractivity contribution is 6.33. The Kier molecular flexibility index (Phi) is 5.93. The average Bonchev–Trinajstić information content (AvgIpc) is 2.68. The summed E-state index contributed by atoms with van der Waals surface area (Å²) in [5, 5.41) is 2.76. The van der Waals surface area contributed by atoms with Crippen molar-refractivity contribution >= 4 is 29.0 Å². The molecule has 0 radical (unpaired) electrons. The molecule has 1 amide bonds. The number of nitrogens with zero attached hydrogens (tertiary/aromatic N) is 3. The third-order valence-electron chi connectivity index (χ3n) is 4.53. The van der Waals surface area contributed by atoms with Gasteiger partial charge in [0.2, 0.25) is 11.8 Å². The molecule has 1 fully saturated rings. The van der Waals surface area contributed by atoms with E-state index >= 15 is 0 Å². The maximum absolute atomic E-state index is 12.7. The number of methoxy groups -OCH3 is 1. The molecule has 0 unspecified atom stereocenters. The predicted molar refractivity (Wildman–Crippen MR) is 98.6 cm³/mol. The van der Waals surface area contributed by atoms with E-state index in [0.717, 1.165) is 12.3 Å². The lowest BCUT2D eigenvalue weighted by atomic mass is 9.96. The van der Waals surface area contributed by atoms with E-state index in [4.69, 9.17) is 16.3 Å². The second-order valence-corrected chi connectivity index (χ2v) is 6.77. The van der Waals surface area contributed by atoms with Crippen LogP contribution in [0.4, 0.5) is 24.7 Å². The Morgan fingerprint density at radius 3 is 2.50 bits per heavy atom. The molecule has 1 saturated heterocycles. The Labute approximate surface area is 164 Å². The number of alkyl halides is 3. The molecule has 0 bridgehead atoms. The standard InChI is InChI=1S/C18H18ClF3N4O2/c1-28-15-3-2-13(10-23-15)25-17(27)11-4-6-26(7-5-11)16-14(19)8-12(9-24-16)18(20,21)22/h2-3,8-11H,4-7H2,1H3,(H,25,27). The fourth-order valence-corrected chi connectivity index (χ4v) is 3.28. The maximum atomic E-state index is 12.7. The monoisotopic (exact) mass is 414 g/mol. The highest BCUT2D eigenvalue weighted by Crippen LogP contribution is 2.34. The summed E-state index contributed by atoms with van der Waals surface area (Å²) in [4.78, 5) is 22.1. The number of hydrogen-bond acceptors (Lipinski definition) is 5. The molecule has 0 aliphatic carbocycles. The van der Waals surface area contributed by atoms with Gasteiger partial charge in [-0.2, -0.15) is 13.2 Å². The quantitative estimate of drug-likeness (QED) is 0.818. The van der Waals surface area contributed by atoms with Gasteiger partial charge < -0.3 is 15.0 Å². The molecule has 6 nitrogen and oxygen atoms in total. The van der Waals surface area contributed by atoms with Gasteiger partial charge in [-0.3, -0.25) is 4.79 Å². The molecule has 28 heavy (non-hydrogen) atoms. The first kappa shape index (κ1) is 20.2. The Hall–Kier alpha value is -2.55. The Balaban J connectivity index is 1.58. The first-order chi connectivity index (χ1) is 13.3. The zero-order chi connectivity index (χ0) is 20.3. The van der Waals surface area contributed by atoms with E-state index in [1.54, 1.807) is 17.0 Å². The van der Waals surface area contributed by atoms with Crippen molar-refractivity contribution < 1.29 is 22.7 Å². The summed E-state index contributed by atoms with van der Waals surface area (Å²) in [7, 11) is 1.51. The van der Waals surface area contributed by atoms with Crippen LogP contribution in [0, 0.1) is 5.92 Å². The molecule has 0 atom stereocenters. The van der Waals surface area contributed by atoms with Crippen molar-refractivity contribution in [1.29, 1.82) is 0 Å². The molecular weight excluding hydrogens is 397 g/mol. The fraction of sp³-hybridized carbons (Fsp3) is 0.389. The number of halogens is 4. The van der Waals surface area contributed by atoms with E-state index in [1.165, 1.54) is 13.3 Å². The zero-order valence-electron chi connectivity index (χ0n) is 15.0. The summed E-state index contributed by atoms with van der Waals surface area (Å²) < 4.78 is 43.2. The number of pyridine rings is 2. The van der Waals surface area contributed by atoms with Crippen molar-refractivity contribution in [3.8, 4) is 5.88 Å². The summed E-state index contributed by atoms with van der Waals surface area (Å²) in [5.74, 6) is 0.407. The normalized spacial score (nSPS) is 15.4. The maximum Gasteiger partial charge on any atom is 0.417 e. The van der Waals surface area contributed by atoms with Crippen LogP contribution in [0.25, 0.3) is 0 Å². The highest BCUT2D eigenvalue weighted by atomic mass is 35.5. The summed E-state index contributed by atoms with van der Waals surface area (Å²) in [6.45, 7) is 0.939. The van der Waals surface area contributed by atoms with Gasteiger partial charge >= 0.3 is 6.18 Å². The molecule has 1 aliphatic rings. The molecule has 2 aromatic rings. The SMILES string of the molecule is COc1ccc(NC(=O)C2CCN(c3ncc(C(F)(F)F)cc3Cl)CC2)cn1. The van der Waals surface area contributed by atoms with Crippen LogP contribution in [-0.4, -0.2) is 36.1 Å². The van der Waals surface area contributed by atoms with Crippen molar-refractivity contribution in [2.45, 2.75) is 19.0 Å². The minimum Gasteiger partial charge on any atom is -0.481 e. The molecule has 150 valence electrons. The highest BCUT2D eigenvalue weighted by Gasteiger charge is 2.33. The van der Waals surface area contributed by atoms with Crippen molar-refractivity contribution in [2.24, 2.45) is 5.92 Å². The number of piperidine rings is 1. The minimum atomic E-state index is -4.49. The molecule has 1 aliphatic heterocycles. The lowest BCUT2D eigenvalue weighted by molar-refractivity contribution is -0.137. The fourth-order valence-electron chi connectivity index (χ4n) is 2.99. The Morgan fingerprint density at radius 1 is 1.25 bits per heavy atom. The Morgan fingerprint density at radius 2 is 1.96 bits per heavy atom. The van der Waals surface area contributed by atoms with Crippen molar-refractivity contribution in [3.63, 3.8) is 0 Å². The molecule has 0 spiro atoms. The molecule has 3 rings (SSSR count). The van der Waals surface area contributed by atoms with Crippen LogP contribution < -0.4 is 15.0 Å². The van der Waals surface area contributed by atoms with Crippen LogP contribution in [0.5, 0.6) is 5.88 Å². The molecule has 0 aromatic carbocycles. The smallest absolute Gasteiger partial charge is 0.417 e. The van der Waals surface area contributed by atoms with Gasteiger partial charge in [0.15, 0.2) is 0 Å². The summed E-state index contributed by atoms with van der Waals surface area (Å²) in [5.41, 5.74) is -0.315. The van der Waals surface area contributed by atoms with Gasteiger partial charge in [-0.15, -0.1) is 0 Å². The summed E-state index contributed by atoms with van der Waals surface area (Å²) >= 11 is 6.00. The van der Waals surface area contributed by atoms with Gasteiger partial charge in [-0.25, -0.2) is 9.97 Å². The van der Waals surface area contributed by atoms with E-state index < -0.39 is 11.7 Å². The van der Waals surface area contributed by atoms with E-state index in [9.17, 15) is 18.0 Å². The second-order valence-electron chi connectivity index (χ2n) is 6.37. The van der Waals surface area contributed by atoms with E-state index in [0.29, 0.717) is 43.3 Å². The zero-order valence-corrected chi connectivity index (χ0v) is 15.7. The molecule has 2 aromatic heterocycles. The number of nitrogens with one attached hydrogen (secondary N) is 1. The molecule has 0 saturated carbocycles. The van der Waals surface area contributed by atoms with Crippen LogP contribution in [0.3, 0.4) is 0 Å². The third-order valence-corrected chi connectivity index (χ3v) is 4.81. The van der Waals surface area contributed by atoms with E-state index in [2.05, 4.69) is 15.3 Å². The van der Waals surface area contributed by atoms with Crippen LogP contribution in [-0.2, 0) is 11.0 Å². The number of aromatic nitrogens is 2. The molecule has 10 heteroatoms. The topological polar surface area (TPSA) is 67.3 Å². The number of rotatable bonds is 4. The van der Waals surface area contributed by atoms with Gasteiger partial charge in [0, 0.05) is 31.3 Å². The van der Waals surface area contributed by atoms with Gasteiger partial charge in [-0.1, -0.05) is 11.6 Å². The predicted octanol–water partition coefficient (Wildman–Crippen LogP) is 4.01. The summed E-state index contributed by atoms with van der Waals surface area (Å²) in [6.07, 6.45) is -1.13. The van der Waals surface area contributed by atoms with Crippen molar-refractivity contribution in [2.75, 3.05) is 30.4 Å². The van der Waals surface area contributed by atoms with Crippen LogP contribution in [0.15, 0.2) is 30.6 Å². The summed E-state index contributed by atoms with van der Waals surface area (Å²) in [6, 6.07) is 4.22. The first-order valence-electron chi connectivity index (χ1n) is 8.56. The van der Waals surface area contributed by atoms with E-state index in [-0.39, 0.29) is 16.8 Å². The number of carbonyl (C=O) groups excluding carboxylic acids is 1. The largest absolute Gasteiger partial charge is 0.481 e. The van der Waals surface area contributed by atoms with Crippen molar-refractivity contribution in [1.82, 2.24) is 9.97 Å². The van der Waals surface area contributed by atoms with Gasteiger partial charge in [-0.05, 0) is 25.0 Å². The number of hydrogen-bond donors (Lipinski definition) is 1. The first-order valence-corrected chi connectivity index (χ1v) is 8.94. The number of anilines is 2. The number of carbonyl (C=O) groups is 1. The second kappa shape index (κ2) is 8.22. The van der Waals surface area contributed by atoms with Gasteiger partial charge in [0.05, 0.1) is 29.6 Å². The van der Waals surface area contributed by atoms with Crippen LogP contribution in [0.1, 0.15) is 18.4 Å². The van der Waals surface area contributed by atoms with Crippen LogP contribution in [0.2, 0.25) is 5.02 Å².